The van der Waals surface area contributed by atoms with Gasteiger partial charge >= 0.3 is 5.97 Å². The molecule has 0 aliphatic carbocycles. The van der Waals surface area contributed by atoms with Crippen LogP contribution in [0.4, 0.5) is 5.69 Å². The average molecular weight is 364 g/mol. The molecule has 0 unspecified atom stereocenters. The van der Waals surface area contributed by atoms with E-state index in [-0.39, 0.29) is 5.92 Å². The van der Waals surface area contributed by atoms with Gasteiger partial charge in [-0.15, -0.1) is 0 Å². The Morgan fingerprint density at radius 3 is 2.56 bits per heavy atom. The molecule has 1 N–H and O–H groups in total. The molecule has 2 aromatic carbocycles. The molecule has 1 fully saturated rings. The zero-order valence-corrected chi connectivity index (χ0v) is 15.8. The molecule has 2 aliphatic rings. The van der Waals surface area contributed by atoms with E-state index in [0.717, 1.165) is 51.9 Å². The smallest absolute Gasteiger partial charge is 0.307 e. The summed E-state index contributed by atoms with van der Waals surface area (Å²) in [7, 11) is 0. The van der Waals surface area contributed by atoms with Crippen molar-refractivity contribution in [2.45, 2.75) is 32.2 Å². The maximum absolute atomic E-state index is 11.3. The number of anilines is 1. The lowest BCUT2D eigenvalue weighted by molar-refractivity contribution is -0.143. The molecule has 0 amide bonds. The Bertz CT molecular complexity index is 804. The minimum atomic E-state index is -0.641. The number of fused-ring (bicyclic) bond motifs is 2. The zero-order chi connectivity index (χ0) is 18.6. The Morgan fingerprint density at radius 1 is 1.00 bits per heavy atom. The third-order valence-corrected chi connectivity index (χ3v) is 5.95. The summed E-state index contributed by atoms with van der Waals surface area (Å²) in [5.74, 6) is -0.831. The van der Waals surface area contributed by atoms with Crippen LogP contribution in [-0.2, 0) is 17.8 Å². The van der Waals surface area contributed by atoms with Crippen molar-refractivity contribution in [2.24, 2.45) is 5.92 Å². The van der Waals surface area contributed by atoms with E-state index in [1.807, 2.05) is 0 Å². The molecule has 1 saturated heterocycles. The van der Waals surface area contributed by atoms with Crippen LogP contribution in [0.1, 0.15) is 36.0 Å². The van der Waals surface area contributed by atoms with Gasteiger partial charge < -0.3 is 14.9 Å². The van der Waals surface area contributed by atoms with Crippen LogP contribution < -0.4 is 4.90 Å². The van der Waals surface area contributed by atoms with Crippen LogP contribution in [-0.4, -0.2) is 42.2 Å². The van der Waals surface area contributed by atoms with Gasteiger partial charge in [0.2, 0.25) is 0 Å². The molecule has 4 nitrogen and oxygen atoms in total. The van der Waals surface area contributed by atoms with Gasteiger partial charge in [0.25, 0.3) is 0 Å². The van der Waals surface area contributed by atoms with Gasteiger partial charge in [-0.05, 0) is 61.5 Å². The van der Waals surface area contributed by atoms with E-state index >= 15 is 0 Å². The molecule has 1 atom stereocenters. The molecule has 0 aromatic heterocycles. The predicted octanol–water partition coefficient (Wildman–Crippen LogP) is 3.78. The van der Waals surface area contributed by atoms with E-state index in [1.165, 1.54) is 22.4 Å². The molecule has 2 heterocycles. The number of piperidine rings is 1. The summed E-state index contributed by atoms with van der Waals surface area (Å²) >= 11 is 0. The Labute approximate surface area is 161 Å². The highest BCUT2D eigenvalue weighted by molar-refractivity contribution is 5.70. The first-order chi connectivity index (χ1) is 13.2. The van der Waals surface area contributed by atoms with E-state index in [4.69, 9.17) is 0 Å². The monoisotopic (exact) mass is 364 g/mol. The first-order valence-electron chi connectivity index (χ1n) is 10.1. The van der Waals surface area contributed by atoms with E-state index in [9.17, 15) is 9.90 Å². The van der Waals surface area contributed by atoms with Gasteiger partial charge in [-0.3, -0.25) is 4.79 Å². The van der Waals surface area contributed by atoms with Crippen LogP contribution >= 0.6 is 0 Å². The van der Waals surface area contributed by atoms with Crippen molar-refractivity contribution in [2.75, 3.05) is 31.1 Å². The van der Waals surface area contributed by atoms with Gasteiger partial charge in [0.05, 0.1) is 5.92 Å². The van der Waals surface area contributed by atoms with Gasteiger partial charge in [0.1, 0.15) is 0 Å². The first kappa shape index (κ1) is 18.1. The number of nitrogens with zero attached hydrogens (tertiary/aromatic N) is 2. The number of aliphatic carboxylic acids is 1. The minimum absolute atomic E-state index is 0.190. The Balaban J connectivity index is 1.43. The lowest BCUT2D eigenvalue weighted by atomic mass is 9.98. The van der Waals surface area contributed by atoms with Crippen LogP contribution in [0, 0.1) is 5.92 Å². The van der Waals surface area contributed by atoms with Crippen molar-refractivity contribution in [3.63, 3.8) is 0 Å². The second-order valence-corrected chi connectivity index (χ2v) is 7.83. The number of hydrogen-bond donors (Lipinski definition) is 1. The molecule has 2 aliphatic heterocycles. The highest BCUT2D eigenvalue weighted by Crippen LogP contribution is 2.30. The van der Waals surface area contributed by atoms with Crippen molar-refractivity contribution >= 4 is 11.7 Å². The number of carbonyl (C=O) groups is 1. The molecule has 0 radical (unpaired) electrons. The molecule has 2 aromatic rings. The second-order valence-electron chi connectivity index (χ2n) is 7.83. The van der Waals surface area contributed by atoms with Crippen molar-refractivity contribution < 1.29 is 9.90 Å². The van der Waals surface area contributed by atoms with E-state index in [0.29, 0.717) is 6.54 Å². The predicted molar refractivity (Wildman–Crippen MR) is 108 cm³/mol. The number of likely N-dealkylation sites (tertiary alicyclic amines) is 1. The largest absolute Gasteiger partial charge is 0.481 e. The van der Waals surface area contributed by atoms with E-state index < -0.39 is 5.97 Å². The van der Waals surface area contributed by atoms with Crippen LogP contribution in [0.2, 0.25) is 0 Å². The maximum atomic E-state index is 11.3. The number of carboxylic acids is 1. The average Bonchev–Trinajstić information content (AvgIpc) is 2.85. The molecule has 0 bridgehead atoms. The van der Waals surface area contributed by atoms with Crippen molar-refractivity contribution in [1.29, 1.82) is 0 Å². The summed E-state index contributed by atoms with van der Waals surface area (Å²) in [6.07, 6.45) is 3.87. The number of carboxylic acid groups (broad SMARTS) is 1. The molecule has 142 valence electrons. The number of hydrogen-bond acceptors (Lipinski definition) is 3. The number of para-hydroxylation sites is 1. The van der Waals surface area contributed by atoms with Gasteiger partial charge in [0.15, 0.2) is 0 Å². The molecule has 0 spiro atoms. The Morgan fingerprint density at radius 2 is 1.74 bits per heavy atom. The zero-order valence-electron chi connectivity index (χ0n) is 15.8. The molecule has 0 saturated carbocycles. The quantitative estimate of drug-likeness (QED) is 0.877. The third-order valence-electron chi connectivity index (χ3n) is 5.95. The fourth-order valence-electron chi connectivity index (χ4n) is 4.49. The van der Waals surface area contributed by atoms with Gasteiger partial charge in [-0.2, -0.15) is 0 Å². The lowest BCUT2D eigenvalue weighted by Gasteiger charge is -2.32. The van der Waals surface area contributed by atoms with Crippen LogP contribution in [0.3, 0.4) is 0 Å². The van der Waals surface area contributed by atoms with Crippen molar-refractivity contribution in [3.8, 4) is 0 Å². The van der Waals surface area contributed by atoms with Crippen LogP contribution in [0.25, 0.3) is 0 Å². The fraction of sp³-hybridized carbons (Fsp3) is 0.435. The Hall–Kier alpha value is -2.33. The minimum Gasteiger partial charge on any atom is -0.481 e. The van der Waals surface area contributed by atoms with Gasteiger partial charge in [-0.25, -0.2) is 0 Å². The number of benzene rings is 2. The Kier molecular flexibility index (Phi) is 5.44. The summed E-state index contributed by atoms with van der Waals surface area (Å²) < 4.78 is 0. The van der Waals surface area contributed by atoms with E-state index in [1.54, 1.807) is 0 Å². The maximum Gasteiger partial charge on any atom is 0.307 e. The van der Waals surface area contributed by atoms with Crippen molar-refractivity contribution in [3.05, 3.63) is 65.2 Å². The normalized spacial score (nSPS) is 19.9. The molecule has 27 heavy (non-hydrogen) atoms. The molecular weight excluding hydrogens is 336 g/mol. The standard InChI is InChI=1S/C23H28N2O2/c26-23(27)21-10-5-12-24(16-21)13-6-14-25-17-20-9-2-1-7-18(20)15-19-8-3-4-11-22(19)25/h1-4,7-9,11,21H,5-6,10,12-17H2,(H,26,27)/t21-/m1/s1. The lowest BCUT2D eigenvalue weighted by Crippen LogP contribution is -2.40. The first-order valence-corrected chi connectivity index (χ1v) is 10.1. The van der Waals surface area contributed by atoms with Gasteiger partial charge in [0, 0.05) is 25.3 Å². The summed E-state index contributed by atoms with van der Waals surface area (Å²) in [6.45, 7) is 4.66. The second kappa shape index (κ2) is 8.13. The third kappa shape index (κ3) is 4.16. The highest BCUT2D eigenvalue weighted by atomic mass is 16.4. The van der Waals surface area contributed by atoms with Crippen LogP contribution in [0.5, 0.6) is 0 Å². The molecular formula is C23H28N2O2. The topological polar surface area (TPSA) is 43.8 Å². The summed E-state index contributed by atoms with van der Waals surface area (Å²) in [4.78, 5) is 16.1. The number of rotatable bonds is 5. The molecule has 4 rings (SSSR count). The summed E-state index contributed by atoms with van der Waals surface area (Å²) in [6, 6.07) is 17.5. The van der Waals surface area contributed by atoms with Gasteiger partial charge in [-0.1, -0.05) is 42.5 Å². The van der Waals surface area contributed by atoms with Crippen LogP contribution in [0.15, 0.2) is 48.5 Å². The molecule has 4 heteroatoms. The summed E-state index contributed by atoms with van der Waals surface area (Å²) in [5, 5.41) is 9.28. The highest BCUT2D eigenvalue weighted by Gasteiger charge is 2.25. The van der Waals surface area contributed by atoms with Crippen molar-refractivity contribution in [1.82, 2.24) is 4.90 Å². The summed E-state index contributed by atoms with van der Waals surface area (Å²) in [5.41, 5.74) is 5.58. The fourth-order valence-corrected chi connectivity index (χ4v) is 4.49. The van der Waals surface area contributed by atoms with E-state index in [2.05, 4.69) is 58.3 Å². The SMILES string of the molecule is O=C(O)[C@@H]1CCCN(CCCN2Cc3ccccc3Cc3ccccc32)C1.